The van der Waals surface area contributed by atoms with Gasteiger partial charge < -0.3 is 10.2 Å². The van der Waals surface area contributed by atoms with Crippen molar-refractivity contribution < 1.29 is 19.0 Å². The molecule has 0 aliphatic heterocycles. The first kappa shape index (κ1) is 10.9. The fraction of sp³-hybridized carbons (Fsp3) is 0.400. The van der Waals surface area contributed by atoms with Crippen LogP contribution in [0.15, 0.2) is 12.1 Å². The number of aromatic hydroxyl groups is 1. The molecule has 0 aliphatic carbocycles. The number of aliphatic hydroxyl groups is 1. The number of hydrogen-bond donors (Lipinski definition) is 2. The zero-order valence-corrected chi connectivity index (χ0v) is 7.80. The number of aryl methyl sites for hydroxylation is 1. The molecule has 2 N–H and O–H groups in total. The Balaban J connectivity index is 3.18. The number of aliphatic hydroxyl groups excluding tert-OH is 1. The van der Waals surface area contributed by atoms with Gasteiger partial charge in [-0.05, 0) is 25.0 Å². The second kappa shape index (κ2) is 4.37. The highest BCUT2D eigenvalue weighted by Gasteiger charge is 2.16. The monoisotopic (exact) mass is 202 g/mol. The van der Waals surface area contributed by atoms with Gasteiger partial charge in [-0.1, -0.05) is 11.6 Å². The summed E-state index contributed by atoms with van der Waals surface area (Å²) in [5.41, 5.74) is 0.651. The molecule has 1 aromatic carbocycles. The molecule has 0 atom stereocenters. The molecule has 1 rings (SSSR count). The van der Waals surface area contributed by atoms with Crippen LogP contribution in [0.1, 0.15) is 23.1 Å². The number of halogens is 2. The van der Waals surface area contributed by atoms with Gasteiger partial charge in [0.2, 0.25) is 0 Å². The summed E-state index contributed by atoms with van der Waals surface area (Å²) in [6, 6.07) is 2.85. The third kappa shape index (κ3) is 2.20. The normalized spacial score (nSPS) is 10.9. The van der Waals surface area contributed by atoms with Crippen molar-refractivity contribution in [2.75, 3.05) is 6.61 Å². The van der Waals surface area contributed by atoms with Crippen LogP contribution in [0.2, 0.25) is 0 Å². The largest absolute Gasteiger partial charge is 0.507 e. The SMILES string of the molecule is Cc1cc(CCO)c(O)c(C(F)F)c1. The van der Waals surface area contributed by atoms with E-state index < -0.39 is 12.2 Å². The lowest BCUT2D eigenvalue weighted by atomic mass is 10.0. The first-order valence-corrected chi connectivity index (χ1v) is 4.27. The Morgan fingerprint density at radius 3 is 2.50 bits per heavy atom. The summed E-state index contributed by atoms with van der Waals surface area (Å²) in [5.74, 6) is -0.403. The Kier molecular flexibility index (Phi) is 3.41. The van der Waals surface area contributed by atoms with Gasteiger partial charge in [-0.3, -0.25) is 0 Å². The summed E-state index contributed by atoms with van der Waals surface area (Å²) in [5, 5.41) is 18.1. The van der Waals surface area contributed by atoms with E-state index in [-0.39, 0.29) is 18.6 Å². The van der Waals surface area contributed by atoms with Crippen LogP contribution >= 0.6 is 0 Å². The maximum atomic E-state index is 12.4. The van der Waals surface area contributed by atoms with E-state index in [4.69, 9.17) is 5.11 Å². The van der Waals surface area contributed by atoms with Gasteiger partial charge in [0, 0.05) is 6.61 Å². The molecule has 0 bridgehead atoms. The topological polar surface area (TPSA) is 40.5 Å². The lowest BCUT2D eigenvalue weighted by Crippen LogP contribution is -1.96. The van der Waals surface area contributed by atoms with Gasteiger partial charge in [-0.25, -0.2) is 8.78 Å². The van der Waals surface area contributed by atoms with E-state index in [1.54, 1.807) is 13.0 Å². The molecule has 14 heavy (non-hydrogen) atoms. The van der Waals surface area contributed by atoms with E-state index in [9.17, 15) is 13.9 Å². The molecule has 0 fully saturated rings. The Morgan fingerprint density at radius 2 is 2.00 bits per heavy atom. The number of phenols is 1. The molecule has 0 spiro atoms. The Labute approximate surface area is 80.8 Å². The second-order valence-corrected chi connectivity index (χ2v) is 3.14. The highest BCUT2D eigenvalue weighted by molar-refractivity contribution is 5.44. The molecule has 0 aromatic heterocycles. The predicted octanol–water partition coefficient (Wildman–Crippen LogP) is 2.17. The van der Waals surface area contributed by atoms with Crippen molar-refractivity contribution in [2.24, 2.45) is 0 Å². The number of alkyl halides is 2. The number of benzene rings is 1. The van der Waals surface area contributed by atoms with Crippen LogP contribution in [-0.4, -0.2) is 16.8 Å². The summed E-state index contributed by atoms with van der Waals surface area (Å²) < 4.78 is 24.8. The summed E-state index contributed by atoms with van der Waals surface area (Å²) in [7, 11) is 0. The molecule has 0 radical (unpaired) electrons. The highest BCUT2D eigenvalue weighted by Crippen LogP contribution is 2.32. The van der Waals surface area contributed by atoms with Crippen molar-refractivity contribution in [1.29, 1.82) is 0 Å². The molecule has 1 aromatic rings. The molecule has 78 valence electrons. The summed E-state index contributed by atoms with van der Waals surface area (Å²) >= 11 is 0. The van der Waals surface area contributed by atoms with Gasteiger partial charge in [0.05, 0.1) is 5.56 Å². The van der Waals surface area contributed by atoms with Gasteiger partial charge in [-0.15, -0.1) is 0 Å². The lowest BCUT2D eigenvalue weighted by Gasteiger charge is -2.09. The smallest absolute Gasteiger partial charge is 0.267 e. The quantitative estimate of drug-likeness (QED) is 0.788. The number of rotatable bonds is 3. The average Bonchev–Trinajstić information content (AvgIpc) is 2.10. The van der Waals surface area contributed by atoms with Gasteiger partial charge in [0.25, 0.3) is 6.43 Å². The molecule has 0 saturated heterocycles. The van der Waals surface area contributed by atoms with Crippen LogP contribution in [0, 0.1) is 6.92 Å². The zero-order chi connectivity index (χ0) is 10.7. The predicted molar refractivity (Wildman–Crippen MR) is 48.6 cm³/mol. The number of phenolic OH excluding ortho intramolecular Hbond substituents is 1. The third-order valence-corrected chi connectivity index (χ3v) is 1.98. The van der Waals surface area contributed by atoms with E-state index >= 15 is 0 Å². The highest BCUT2D eigenvalue weighted by atomic mass is 19.3. The van der Waals surface area contributed by atoms with Gasteiger partial charge in [0.1, 0.15) is 5.75 Å². The molecule has 0 aliphatic rings. The zero-order valence-electron chi connectivity index (χ0n) is 7.80. The van der Waals surface area contributed by atoms with E-state index in [1.165, 1.54) is 6.07 Å². The first-order valence-electron chi connectivity index (χ1n) is 4.27. The van der Waals surface area contributed by atoms with Crippen LogP contribution < -0.4 is 0 Å². The molecule has 4 heteroatoms. The third-order valence-electron chi connectivity index (χ3n) is 1.98. The summed E-state index contributed by atoms with van der Waals surface area (Å²) in [6.45, 7) is 1.51. The molecule has 0 unspecified atom stereocenters. The fourth-order valence-corrected chi connectivity index (χ4v) is 1.36. The van der Waals surface area contributed by atoms with Gasteiger partial charge >= 0.3 is 0 Å². The van der Waals surface area contributed by atoms with E-state index in [0.717, 1.165) is 0 Å². The number of hydrogen-bond acceptors (Lipinski definition) is 2. The lowest BCUT2D eigenvalue weighted by molar-refractivity contribution is 0.147. The van der Waals surface area contributed by atoms with Crippen LogP contribution in [0.25, 0.3) is 0 Å². The van der Waals surface area contributed by atoms with Crippen molar-refractivity contribution in [3.05, 3.63) is 28.8 Å². The minimum Gasteiger partial charge on any atom is -0.507 e. The van der Waals surface area contributed by atoms with Crippen molar-refractivity contribution in [2.45, 2.75) is 19.8 Å². The molecular formula is C10H12F2O2. The summed E-state index contributed by atoms with van der Waals surface area (Å²) in [6.07, 6.45) is -2.50. The first-order chi connectivity index (χ1) is 6.56. The minimum atomic E-state index is -2.69. The van der Waals surface area contributed by atoms with Crippen LogP contribution in [0.4, 0.5) is 8.78 Å². The minimum absolute atomic E-state index is 0.167. The standard InChI is InChI=1S/C10H12F2O2/c1-6-4-7(2-3-13)9(14)8(5-6)10(11)12/h4-5,10,13-14H,2-3H2,1H3. The van der Waals surface area contributed by atoms with Crippen molar-refractivity contribution >= 4 is 0 Å². The molecule has 0 heterocycles. The Bertz CT molecular complexity index is 324. The Morgan fingerprint density at radius 1 is 1.36 bits per heavy atom. The molecular weight excluding hydrogens is 190 g/mol. The fourth-order valence-electron chi connectivity index (χ4n) is 1.36. The van der Waals surface area contributed by atoms with Crippen LogP contribution in [0.5, 0.6) is 5.75 Å². The van der Waals surface area contributed by atoms with Crippen molar-refractivity contribution in [3.8, 4) is 5.75 Å². The summed E-state index contributed by atoms with van der Waals surface area (Å²) in [4.78, 5) is 0. The van der Waals surface area contributed by atoms with Gasteiger partial charge in [0.15, 0.2) is 0 Å². The Hall–Kier alpha value is -1.16. The van der Waals surface area contributed by atoms with E-state index in [1.807, 2.05) is 0 Å². The van der Waals surface area contributed by atoms with Crippen molar-refractivity contribution in [1.82, 2.24) is 0 Å². The average molecular weight is 202 g/mol. The van der Waals surface area contributed by atoms with E-state index in [0.29, 0.717) is 11.1 Å². The van der Waals surface area contributed by atoms with Gasteiger partial charge in [-0.2, -0.15) is 0 Å². The molecule has 2 nitrogen and oxygen atoms in total. The van der Waals surface area contributed by atoms with Crippen molar-refractivity contribution in [3.63, 3.8) is 0 Å². The van der Waals surface area contributed by atoms with Crippen LogP contribution in [0.3, 0.4) is 0 Å². The maximum Gasteiger partial charge on any atom is 0.267 e. The second-order valence-electron chi connectivity index (χ2n) is 3.14. The maximum absolute atomic E-state index is 12.4. The van der Waals surface area contributed by atoms with Crippen LogP contribution in [-0.2, 0) is 6.42 Å². The van der Waals surface area contributed by atoms with E-state index in [2.05, 4.69) is 0 Å². The molecule has 0 amide bonds. The molecule has 0 saturated carbocycles.